The van der Waals surface area contributed by atoms with E-state index >= 15 is 0 Å². The van der Waals surface area contributed by atoms with E-state index in [2.05, 4.69) is 0 Å². The fourth-order valence-corrected chi connectivity index (χ4v) is 4.69. The van der Waals surface area contributed by atoms with Gasteiger partial charge in [0.2, 0.25) is 10.0 Å². The van der Waals surface area contributed by atoms with E-state index in [4.69, 9.17) is 11.6 Å². The Labute approximate surface area is 152 Å². The summed E-state index contributed by atoms with van der Waals surface area (Å²) in [5.74, 6) is -0.157. The molecule has 1 aliphatic rings. The smallest absolute Gasteiger partial charge is 0.259 e. The molecule has 1 amide bonds. The van der Waals surface area contributed by atoms with Crippen molar-refractivity contribution in [3.05, 3.63) is 59.1 Å². The number of amides is 1. The highest BCUT2D eigenvalue weighted by Gasteiger charge is 2.27. The number of benzene rings is 2. The summed E-state index contributed by atoms with van der Waals surface area (Å²) in [4.78, 5) is 14.3. The van der Waals surface area contributed by atoms with Gasteiger partial charge in [-0.2, -0.15) is 0 Å². The quantitative estimate of drug-likeness (QED) is 0.820. The van der Waals surface area contributed by atoms with Crippen LogP contribution in [-0.2, 0) is 10.0 Å². The van der Waals surface area contributed by atoms with Crippen LogP contribution in [0.4, 0.5) is 11.4 Å². The molecule has 1 saturated heterocycles. The van der Waals surface area contributed by atoms with Gasteiger partial charge < -0.3 is 4.90 Å². The Kier molecular flexibility index (Phi) is 5.01. The molecule has 0 N–H and O–H groups in total. The molecule has 0 aliphatic carbocycles. The molecule has 0 saturated carbocycles. The van der Waals surface area contributed by atoms with Gasteiger partial charge >= 0.3 is 0 Å². The molecule has 0 radical (unpaired) electrons. The van der Waals surface area contributed by atoms with Gasteiger partial charge in [0.05, 0.1) is 22.0 Å². The topological polar surface area (TPSA) is 57.7 Å². The number of carbonyl (C=O) groups is 1. The fourth-order valence-electron chi connectivity index (χ4n) is 2.86. The molecule has 0 bridgehead atoms. The van der Waals surface area contributed by atoms with Crippen LogP contribution in [0.1, 0.15) is 23.2 Å². The van der Waals surface area contributed by atoms with E-state index in [-0.39, 0.29) is 17.2 Å². The predicted octanol–water partition coefficient (Wildman–Crippen LogP) is 3.55. The molecule has 0 aromatic heterocycles. The summed E-state index contributed by atoms with van der Waals surface area (Å²) in [6.07, 6.45) is 1.46. The molecule has 0 unspecified atom stereocenters. The van der Waals surface area contributed by atoms with E-state index in [9.17, 15) is 13.2 Å². The van der Waals surface area contributed by atoms with Crippen molar-refractivity contribution in [3.63, 3.8) is 0 Å². The minimum absolute atomic E-state index is 0.128. The van der Waals surface area contributed by atoms with Crippen molar-refractivity contribution in [2.45, 2.75) is 12.8 Å². The highest BCUT2D eigenvalue weighted by atomic mass is 35.5. The highest BCUT2D eigenvalue weighted by molar-refractivity contribution is 7.92. The third-order valence-corrected chi connectivity index (χ3v) is 6.46. The molecular formula is C18H19ClN2O3S. The number of nitrogens with zero attached hydrogens (tertiary/aromatic N) is 2. The van der Waals surface area contributed by atoms with Gasteiger partial charge in [-0.25, -0.2) is 8.42 Å². The second-order valence-corrected chi connectivity index (χ2v) is 8.38. The van der Waals surface area contributed by atoms with Crippen LogP contribution in [0.25, 0.3) is 0 Å². The van der Waals surface area contributed by atoms with Crippen LogP contribution in [0.15, 0.2) is 48.5 Å². The van der Waals surface area contributed by atoms with E-state index in [0.29, 0.717) is 23.7 Å². The first kappa shape index (κ1) is 17.8. The molecule has 25 heavy (non-hydrogen) atoms. The van der Waals surface area contributed by atoms with Gasteiger partial charge in [-0.05, 0) is 43.2 Å². The number of sulfonamides is 1. The Balaban J connectivity index is 1.96. The van der Waals surface area contributed by atoms with E-state index < -0.39 is 10.0 Å². The van der Waals surface area contributed by atoms with Crippen LogP contribution in [0.3, 0.4) is 0 Å². The lowest BCUT2D eigenvalue weighted by Gasteiger charge is -2.29. The SMILES string of the molecule is CN(C(=O)c1cc(N2CCCCS2(=O)=O)ccc1Cl)c1ccccc1. The number of anilines is 2. The van der Waals surface area contributed by atoms with Crippen molar-refractivity contribution < 1.29 is 13.2 Å². The zero-order valence-electron chi connectivity index (χ0n) is 13.9. The maximum absolute atomic E-state index is 12.8. The molecule has 5 nitrogen and oxygen atoms in total. The monoisotopic (exact) mass is 378 g/mol. The van der Waals surface area contributed by atoms with Crippen LogP contribution in [0.5, 0.6) is 0 Å². The standard InChI is InChI=1S/C18H19ClN2O3S/c1-20(14-7-3-2-4-8-14)18(22)16-13-15(9-10-17(16)19)21-11-5-6-12-25(21,23)24/h2-4,7-10,13H,5-6,11-12H2,1H3. The lowest BCUT2D eigenvalue weighted by atomic mass is 10.1. The number of para-hydroxylation sites is 1. The summed E-state index contributed by atoms with van der Waals surface area (Å²) >= 11 is 6.22. The average molecular weight is 379 g/mol. The Hall–Kier alpha value is -2.05. The van der Waals surface area contributed by atoms with Crippen LogP contribution in [0.2, 0.25) is 5.02 Å². The Bertz CT molecular complexity index is 884. The van der Waals surface area contributed by atoms with Gasteiger partial charge in [-0.3, -0.25) is 9.10 Å². The summed E-state index contributed by atoms with van der Waals surface area (Å²) in [7, 11) is -1.67. The molecule has 1 fully saturated rings. The number of carbonyl (C=O) groups excluding carboxylic acids is 1. The Morgan fingerprint density at radius 3 is 2.52 bits per heavy atom. The summed E-state index contributed by atoms with van der Waals surface area (Å²) in [5, 5.41) is 0.297. The fraction of sp³-hybridized carbons (Fsp3) is 0.278. The lowest BCUT2D eigenvalue weighted by Crippen LogP contribution is -2.38. The third-order valence-electron chi connectivity index (χ3n) is 4.27. The molecule has 2 aromatic rings. The van der Waals surface area contributed by atoms with E-state index in [1.54, 1.807) is 25.2 Å². The second kappa shape index (κ2) is 7.06. The summed E-state index contributed by atoms with van der Waals surface area (Å²) in [6, 6.07) is 14.0. The first-order valence-electron chi connectivity index (χ1n) is 8.03. The molecule has 0 spiro atoms. The molecule has 7 heteroatoms. The maximum Gasteiger partial charge on any atom is 0.259 e. The molecule has 3 rings (SSSR count). The van der Waals surface area contributed by atoms with Crippen LogP contribution in [-0.4, -0.2) is 33.7 Å². The van der Waals surface area contributed by atoms with E-state index in [0.717, 1.165) is 12.1 Å². The van der Waals surface area contributed by atoms with Crippen molar-refractivity contribution in [2.75, 3.05) is 28.6 Å². The molecule has 0 atom stereocenters. The minimum Gasteiger partial charge on any atom is -0.311 e. The molecule has 1 heterocycles. The zero-order chi connectivity index (χ0) is 18.0. The second-order valence-electron chi connectivity index (χ2n) is 5.96. The highest BCUT2D eigenvalue weighted by Crippen LogP contribution is 2.29. The van der Waals surface area contributed by atoms with Crippen molar-refractivity contribution >= 4 is 38.9 Å². The third kappa shape index (κ3) is 3.65. The molecule has 132 valence electrons. The number of hydrogen-bond donors (Lipinski definition) is 0. The number of halogens is 1. The lowest BCUT2D eigenvalue weighted by molar-refractivity contribution is 0.0993. The normalized spacial score (nSPS) is 16.5. The van der Waals surface area contributed by atoms with Crippen molar-refractivity contribution in [1.29, 1.82) is 0 Å². The van der Waals surface area contributed by atoms with Crippen LogP contribution in [0, 0.1) is 0 Å². The average Bonchev–Trinajstić information content (AvgIpc) is 2.61. The summed E-state index contributed by atoms with van der Waals surface area (Å²) in [6.45, 7) is 0.423. The first-order valence-corrected chi connectivity index (χ1v) is 10.0. The van der Waals surface area contributed by atoms with Crippen LogP contribution < -0.4 is 9.21 Å². The van der Waals surface area contributed by atoms with Gasteiger partial charge in [0, 0.05) is 19.3 Å². The van der Waals surface area contributed by atoms with Gasteiger partial charge in [0.15, 0.2) is 0 Å². The number of rotatable bonds is 3. The van der Waals surface area contributed by atoms with Gasteiger partial charge in [0.1, 0.15) is 0 Å². The van der Waals surface area contributed by atoms with Gasteiger partial charge in [-0.1, -0.05) is 29.8 Å². The van der Waals surface area contributed by atoms with Gasteiger partial charge in [-0.15, -0.1) is 0 Å². The van der Waals surface area contributed by atoms with E-state index in [1.807, 2.05) is 30.3 Å². The predicted molar refractivity (Wildman–Crippen MR) is 101 cm³/mol. The number of hydrogen-bond acceptors (Lipinski definition) is 3. The Morgan fingerprint density at radius 1 is 1.12 bits per heavy atom. The van der Waals surface area contributed by atoms with Crippen molar-refractivity contribution in [1.82, 2.24) is 0 Å². The summed E-state index contributed by atoms with van der Waals surface area (Å²) < 4.78 is 26.0. The minimum atomic E-state index is -3.34. The first-order chi connectivity index (χ1) is 11.9. The molecule has 2 aromatic carbocycles. The zero-order valence-corrected chi connectivity index (χ0v) is 15.4. The van der Waals surface area contributed by atoms with Crippen molar-refractivity contribution in [3.8, 4) is 0 Å². The molecular weight excluding hydrogens is 360 g/mol. The Morgan fingerprint density at radius 2 is 1.84 bits per heavy atom. The largest absolute Gasteiger partial charge is 0.311 e. The van der Waals surface area contributed by atoms with E-state index in [1.165, 1.54) is 9.21 Å². The van der Waals surface area contributed by atoms with Crippen molar-refractivity contribution in [2.24, 2.45) is 0 Å². The van der Waals surface area contributed by atoms with Crippen LogP contribution >= 0.6 is 11.6 Å². The maximum atomic E-state index is 12.8. The molecule has 1 aliphatic heterocycles. The summed E-state index contributed by atoms with van der Waals surface area (Å²) in [5.41, 5.74) is 1.50. The van der Waals surface area contributed by atoms with Gasteiger partial charge in [0.25, 0.3) is 5.91 Å².